The van der Waals surface area contributed by atoms with Crippen LogP contribution in [-0.2, 0) is 14.6 Å². The molecule has 1 aliphatic heterocycles. The first-order valence-corrected chi connectivity index (χ1v) is 8.73. The van der Waals surface area contributed by atoms with Crippen molar-refractivity contribution in [3.63, 3.8) is 0 Å². The van der Waals surface area contributed by atoms with Crippen LogP contribution in [0.4, 0.5) is 5.69 Å². The van der Waals surface area contributed by atoms with Gasteiger partial charge in [-0.15, -0.1) is 0 Å². The SMILES string of the molecule is Cc1cccc(C(C)C)c1NC(=O)[C@@H]1CCS(=O)(=O)C1. The van der Waals surface area contributed by atoms with Crippen LogP contribution in [-0.4, -0.2) is 25.8 Å². The fourth-order valence-corrected chi connectivity index (χ4v) is 4.31. The van der Waals surface area contributed by atoms with Gasteiger partial charge in [0.2, 0.25) is 5.91 Å². The van der Waals surface area contributed by atoms with Gasteiger partial charge in [0.05, 0.1) is 17.4 Å². The van der Waals surface area contributed by atoms with E-state index in [0.717, 1.165) is 16.8 Å². The van der Waals surface area contributed by atoms with Crippen molar-refractivity contribution in [2.24, 2.45) is 5.92 Å². The van der Waals surface area contributed by atoms with E-state index in [1.807, 2.05) is 25.1 Å². The Kier molecular flexibility index (Phi) is 4.18. The minimum atomic E-state index is -3.03. The second kappa shape index (κ2) is 5.56. The Morgan fingerprint density at radius 3 is 2.60 bits per heavy atom. The van der Waals surface area contributed by atoms with E-state index in [9.17, 15) is 13.2 Å². The smallest absolute Gasteiger partial charge is 0.228 e. The van der Waals surface area contributed by atoms with Gasteiger partial charge in [-0.25, -0.2) is 8.42 Å². The molecule has 1 amide bonds. The second-order valence-corrected chi connectivity index (χ2v) is 8.01. The van der Waals surface area contributed by atoms with Gasteiger partial charge in [-0.3, -0.25) is 4.79 Å². The summed E-state index contributed by atoms with van der Waals surface area (Å²) in [6.07, 6.45) is 0.428. The van der Waals surface area contributed by atoms with E-state index >= 15 is 0 Å². The molecule has 0 saturated carbocycles. The summed E-state index contributed by atoms with van der Waals surface area (Å²) in [5.74, 6) is -0.197. The Morgan fingerprint density at radius 1 is 1.35 bits per heavy atom. The summed E-state index contributed by atoms with van der Waals surface area (Å²) < 4.78 is 22.9. The number of sulfone groups is 1. The summed E-state index contributed by atoms with van der Waals surface area (Å²) in [4.78, 5) is 12.3. The quantitative estimate of drug-likeness (QED) is 0.932. The number of hydrogen-bond acceptors (Lipinski definition) is 3. The van der Waals surface area contributed by atoms with Gasteiger partial charge >= 0.3 is 0 Å². The van der Waals surface area contributed by atoms with Crippen LogP contribution in [0.2, 0.25) is 0 Å². The molecule has 1 aromatic carbocycles. The van der Waals surface area contributed by atoms with Crippen LogP contribution in [0.1, 0.15) is 37.3 Å². The van der Waals surface area contributed by atoms with Gasteiger partial charge in [0, 0.05) is 5.69 Å². The minimum Gasteiger partial charge on any atom is -0.325 e. The lowest BCUT2D eigenvalue weighted by atomic mass is 9.97. The van der Waals surface area contributed by atoms with Crippen LogP contribution in [0.15, 0.2) is 18.2 Å². The molecular weight excluding hydrogens is 274 g/mol. The van der Waals surface area contributed by atoms with Gasteiger partial charge < -0.3 is 5.32 Å². The molecule has 0 bridgehead atoms. The number of carbonyl (C=O) groups excluding carboxylic acids is 1. The van der Waals surface area contributed by atoms with Gasteiger partial charge in [-0.05, 0) is 30.4 Å². The Morgan fingerprint density at radius 2 is 2.05 bits per heavy atom. The van der Waals surface area contributed by atoms with E-state index < -0.39 is 15.8 Å². The molecule has 0 aromatic heterocycles. The molecule has 0 aliphatic carbocycles. The number of aryl methyl sites for hydroxylation is 1. The van der Waals surface area contributed by atoms with E-state index in [0.29, 0.717) is 12.3 Å². The van der Waals surface area contributed by atoms with Crippen molar-refractivity contribution < 1.29 is 13.2 Å². The van der Waals surface area contributed by atoms with Crippen molar-refractivity contribution in [3.05, 3.63) is 29.3 Å². The van der Waals surface area contributed by atoms with E-state index in [1.54, 1.807) is 0 Å². The van der Waals surface area contributed by atoms with Crippen LogP contribution in [0.25, 0.3) is 0 Å². The second-order valence-electron chi connectivity index (χ2n) is 5.78. The van der Waals surface area contributed by atoms with Gasteiger partial charge in [0.15, 0.2) is 9.84 Å². The number of nitrogens with one attached hydrogen (secondary N) is 1. The maximum absolute atomic E-state index is 12.3. The number of rotatable bonds is 3. The predicted octanol–water partition coefficient (Wildman–Crippen LogP) is 2.49. The molecular formula is C15H21NO3S. The predicted molar refractivity (Wildman–Crippen MR) is 80.7 cm³/mol. The molecule has 1 aromatic rings. The van der Waals surface area contributed by atoms with Crippen LogP contribution in [0.5, 0.6) is 0 Å². The lowest BCUT2D eigenvalue weighted by Gasteiger charge is -2.18. The molecule has 0 radical (unpaired) electrons. The first kappa shape index (κ1) is 15.0. The fourth-order valence-electron chi connectivity index (χ4n) is 2.57. The molecule has 1 atom stereocenters. The van der Waals surface area contributed by atoms with Gasteiger partial charge in [0.1, 0.15) is 0 Å². The summed E-state index contributed by atoms with van der Waals surface area (Å²) in [6, 6.07) is 5.92. The van der Waals surface area contributed by atoms with Crippen LogP contribution >= 0.6 is 0 Å². The zero-order chi connectivity index (χ0) is 14.9. The van der Waals surface area contributed by atoms with Crippen LogP contribution < -0.4 is 5.32 Å². The van der Waals surface area contributed by atoms with Gasteiger partial charge in [0.25, 0.3) is 0 Å². The van der Waals surface area contributed by atoms with Crippen molar-refractivity contribution in [2.75, 3.05) is 16.8 Å². The van der Waals surface area contributed by atoms with E-state index in [1.165, 1.54) is 0 Å². The Balaban J connectivity index is 2.20. The third-order valence-electron chi connectivity index (χ3n) is 3.78. The summed E-state index contributed by atoms with van der Waals surface area (Å²) in [5.41, 5.74) is 2.92. The van der Waals surface area contributed by atoms with E-state index in [-0.39, 0.29) is 17.4 Å². The average molecular weight is 295 g/mol. The average Bonchev–Trinajstić information content (AvgIpc) is 2.72. The molecule has 2 rings (SSSR count). The van der Waals surface area contributed by atoms with Crippen molar-refractivity contribution in [2.45, 2.75) is 33.1 Å². The molecule has 1 aliphatic rings. The Bertz CT molecular complexity index is 620. The summed E-state index contributed by atoms with van der Waals surface area (Å²) in [6.45, 7) is 6.10. The van der Waals surface area contributed by atoms with Crippen LogP contribution in [0, 0.1) is 12.8 Å². The summed E-state index contributed by atoms with van der Waals surface area (Å²) in [7, 11) is -3.03. The third-order valence-corrected chi connectivity index (χ3v) is 5.55. The number of benzene rings is 1. The van der Waals surface area contributed by atoms with Crippen molar-refractivity contribution in [1.82, 2.24) is 0 Å². The normalized spacial score (nSPS) is 21.1. The van der Waals surface area contributed by atoms with E-state index in [2.05, 4.69) is 19.2 Å². The highest BCUT2D eigenvalue weighted by Gasteiger charge is 2.33. The number of anilines is 1. The minimum absolute atomic E-state index is 0.0261. The number of amides is 1. The molecule has 0 spiro atoms. The fraction of sp³-hybridized carbons (Fsp3) is 0.533. The third kappa shape index (κ3) is 3.20. The van der Waals surface area contributed by atoms with Gasteiger partial charge in [-0.1, -0.05) is 32.0 Å². The largest absolute Gasteiger partial charge is 0.325 e. The van der Waals surface area contributed by atoms with Gasteiger partial charge in [-0.2, -0.15) is 0 Å². The summed E-state index contributed by atoms with van der Waals surface area (Å²) in [5, 5.41) is 2.94. The Labute approximate surface area is 120 Å². The number of hydrogen-bond donors (Lipinski definition) is 1. The maximum atomic E-state index is 12.3. The van der Waals surface area contributed by atoms with Crippen LogP contribution in [0.3, 0.4) is 0 Å². The molecule has 4 nitrogen and oxygen atoms in total. The first-order valence-electron chi connectivity index (χ1n) is 6.91. The summed E-state index contributed by atoms with van der Waals surface area (Å²) >= 11 is 0. The zero-order valence-electron chi connectivity index (χ0n) is 12.1. The molecule has 1 saturated heterocycles. The molecule has 1 heterocycles. The van der Waals surface area contributed by atoms with Crippen molar-refractivity contribution in [3.8, 4) is 0 Å². The lowest BCUT2D eigenvalue weighted by Crippen LogP contribution is -2.24. The van der Waals surface area contributed by atoms with Crippen molar-refractivity contribution in [1.29, 1.82) is 0 Å². The first-order chi connectivity index (χ1) is 9.30. The van der Waals surface area contributed by atoms with E-state index in [4.69, 9.17) is 0 Å². The highest BCUT2D eigenvalue weighted by atomic mass is 32.2. The molecule has 1 N–H and O–H groups in total. The number of para-hydroxylation sites is 1. The Hall–Kier alpha value is -1.36. The molecule has 0 unspecified atom stereocenters. The highest BCUT2D eigenvalue weighted by Crippen LogP contribution is 2.29. The topological polar surface area (TPSA) is 63.2 Å². The zero-order valence-corrected chi connectivity index (χ0v) is 13.0. The molecule has 20 heavy (non-hydrogen) atoms. The van der Waals surface area contributed by atoms with Crippen molar-refractivity contribution >= 4 is 21.4 Å². The molecule has 1 fully saturated rings. The molecule has 110 valence electrons. The number of carbonyl (C=O) groups is 1. The lowest BCUT2D eigenvalue weighted by molar-refractivity contribution is -0.119. The monoisotopic (exact) mass is 295 g/mol. The maximum Gasteiger partial charge on any atom is 0.228 e. The molecule has 5 heteroatoms. The standard InChI is InChI=1S/C15H21NO3S/c1-10(2)13-6-4-5-11(3)14(13)16-15(17)12-7-8-20(18,19)9-12/h4-6,10,12H,7-9H2,1-3H3,(H,16,17)/t12-/m1/s1. The highest BCUT2D eigenvalue weighted by molar-refractivity contribution is 7.91.